The van der Waals surface area contributed by atoms with Gasteiger partial charge in [0.15, 0.2) is 0 Å². The molecule has 23 heavy (non-hydrogen) atoms. The molecule has 0 N–H and O–H groups in total. The molecular formula is C17H14ClFN2OS. The van der Waals surface area contributed by atoms with Crippen LogP contribution in [0.15, 0.2) is 46.0 Å². The van der Waals surface area contributed by atoms with E-state index in [9.17, 15) is 4.39 Å². The summed E-state index contributed by atoms with van der Waals surface area (Å²) < 4.78 is 18.7. The Balaban J connectivity index is 1.73. The molecule has 1 heterocycles. The number of aryl methyl sites for hydroxylation is 2. The van der Waals surface area contributed by atoms with Crippen molar-refractivity contribution in [2.75, 3.05) is 0 Å². The highest BCUT2D eigenvalue weighted by Crippen LogP contribution is 2.29. The molecule has 118 valence electrons. The van der Waals surface area contributed by atoms with Crippen molar-refractivity contribution in [3.05, 3.63) is 63.9 Å². The fourth-order valence-electron chi connectivity index (χ4n) is 2.04. The Kier molecular flexibility index (Phi) is 4.68. The second-order valence-corrected chi connectivity index (χ2v) is 6.53. The van der Waals surface area contributed by atoms with Crippen LogP contribution < -0.4 is 0 Å². The zero-order valence-corrected chi connectivity index (χ0v) is 14.2. The monoisotopic (exact) mass is 348 g/mol. The van der Waals surface area contributed by atoms with Gasteiger partial charge in [-0.05, 0) is 54.8 Å². The summed E-state index contributed by atoms with van der Waals surface area (Å²) in [6.07, 6.45) is 0. The summed E-state index contributed by atoms with van der Waals surface area (Å²) in [7, 11) is 0. The third-order valence-electron chi connectivity index (χ3n) is 3.53. The van der Waals surface area contributed by atoms with Crippen molar-refractivity contribution in [3.8, 4) is 11.5 Å². The van der Waals surface area contributed by atoms with Gasteiger partial charge in [0, 0.05) is 16.3 Å². The normalized spacial score (nSPS) is 11.0. The van der Waals surface area contributed by atoms with Crippen molar-refractivity contribution < 1.29 is 8.81 Å². The topological polar surface area (TPSA) is 38.9 Å². The summed E-state index contributed by atoms with van der Waals surface area (Å²) in [5.41, 5.74) is 4.11. The van der Waals surface area contributed by atoms with Gasteiger partial charge in [0.2, 0.25) is 5.89 Å². The number of thioether (sulfide) groups is 1. The van der Waals surface area contributed by atoms with Gasteiger partial charge < -0.3 is 4.42 Å². The van der Waals surface area contributed by atoms with E-state index in [1.54, 1.807) is 6.07 Å². The molecule has 0 bridgehead atoms. The molecule has 0 aliphatic carbocycles. The van der Waals surface area contributed by atoms with Gasteiger partial charge in [-0.2, -0.15) is 0 Å². The van der Waals surface area contributed by atoms with Crippen LogP contribution in [0.25, 0.3) is 11.5 Å². The van der Waals surface area contributed by atoms with Crippen molar-refractivity contribution >= 4 is 23.4 Å². The maximum Gasteiger partial charge on any atom is 0.277 e. The first-order valence-electron chi connectivity index (χ1n) is 7.01. The van der Waals surface area contributed by atoms with Gasteiger partial charge in [0.05, 0.1) is 0 Å². The van der Waals surface area contributed by atoms with Gasteiger partial charge in [0.1, 0.15) is 5.82 Å². The van der Waals surface area contributed by atoms with Crippen molar-refractivity contribution in [3.63, 3.8) is 0 Å². The number of rotatable bonds is 4. The largest absolute Gasteiger partial charge is 0.411 e. The van der Waals surface area contributed by atoms with E-state index in [-0.39, 0.29) is 5.82 Å². The zero-order valence-electron chi connectivity index (χ0n) is 12.6. The smallest absolute Gasteiger partial charge is 0.277 e. The first-order chi connectivity index (χ1) is 11.0. The average molecular weight is 349 g/mol. The molecule has 0 atom stereocenters. The lowest BCUT2D eigenvalue weighted by Crippen LogP contribution is -1.84. The molecule has 0 aliphatic rings. The maximum atomic E-state index is 13.0. The molecule has 0 aliphatic heterocycles. The van der Waals surface area contributed by atoms with E-state index >= 15 is 0 Å². The fourth-order valence-corrected chi connectivity index (χ4v) is 3.12. The molecule has 0 amide bonds. The second-order valence-electron chi connectivity index (χ2n) is 5.20. The highest BCUT2D eigenvalue weighted by molar-refractivity contribution is 7.98. The van der Waals surface area contributed by atoms with Gasteiger partial charge in [-0.15, -0.1) is 10.2 Å². The lowest BCUT2D eigenvalue weighted by molar-refractivity contribution is 0.466. The zero-order chi connectivity index (χ0) is 16.4. The van der Waals surface area contributed by atoms with Crippen LogP contribution in [0, 0.1) is 19.7 Å². The van der Waals surface area contributed by atoms with Crippen LogP contribution in [0.5, 0.6) is 0 Å². The minimum atomic E-state index is -0.349. The predicted octanol–water partition coefficient (Wildman–Crippen LogP) is 5.44. The van der Waals surface area contributed by atoms with E-state index in [1.807, 2.05) is 25.1 Å². The van der Waals surface area contributed by atoms with Gasteiger partial charge in [-0.25, -0.2) is 4.39 Å². The molecular weight excluding hydrogens is 335 g/mol. The molecule has 0 saturated carbocycles. The summed E-state index contributed by atoms with van der Waals surface area (Å²) >= 11 is 7.38. The van der Waals surface area contributed by atoms with E-state index in [4.69, 9.17) is 16.0 Å². The Bertz CT molecular complexity index is 850. The molecule has 2 aromatic carbocycles. The van der Waals surface area contributed by atoms with Crippen molar-refractivity contribution in [1.29, 1.82) is 0 Å². The van der Waals surface area contributed by atoms with Crippen LogP contribution in [0.1, 0.15) is 16.7 Å². The average Bonchev–Trinajstić information content (AvgIpc) is 2.98. The quantitative estimate of drug-likeness (QED) is 0.588. The summed E-state index contributed by atoms with van der Waals surface area (Å²) in [6, 6.07) is 10.3. The highest BCUT2D eigenvalue weighted by atomic mass is 35.5. The number of hydrogen-bond donors (Lipinski definition) is 0. The standard InChI is InChI=1S/C17H14ClFN2OS/c1-10-3-4-12(7-11(10)2)16-20-21-17(22-16)23-9-13-5-6-14(19)8-15(13)18/h3-8H,9H2,1-2H3. The van der Waals surface area contributed by atoms with Gasteiger partial charge in [-0.1, -0.05) is 35.5 Å². The van der Waals surface area contributed by atoms with E-state index in [1.165, 1.54) is 35.0 Å². The van der Waals surface area contributed by atoms with Crippen molar-refractivity contribution in [2.45, 2.75) is 24.8 Å². The van der Waals surface area contributed by atoms with Crippen LogP contribution >= 0.6 is 23.4 Å². The Labute approximate surface area is 142 Å². The molecule has 3 nitrogen and oxygen atoms in total. The summed E-state index contributed by atoms with van der Waals surface area (Å²) in [5, 5.41) is 8.96. The summed E-state index contributed by atoms with van der Waals surface area (Å²) in [5.74, 6) is 0.674. The molecule has 3 rings (SSSR count). The molecule has 3 aromatic rings. The molecule has 0 fully saturated rings. The number of benzene rings is 2. The van der Waals surface area contributed by atoms with Crippen molar-refractivity contribution in [2.24, 2.45) is 0 Å². The number of nitrogens with zero attached hydrogens (tertiary/aromatic N) is 2. The predicted molar refractivity (Wildman–Crippen MR) is 90.2 cm³/mol. The third-order valence-corrected chi connectivity index (χ3v) is 4.75. The maximum absolute atomic E-state index is 13.0. The lowest BCUT2D eigenvalue weighted by atomic mass is 10.1. The molecule has 0 radical (unpaired) electrons. The number of halogens is 2. The number of aromatic nitrogens is 2. The highest BCUT2D eigenvalue weighted by Gasteiger charge is 2.11. The minimum absolute atomic E-state index is 0.349. The molecule has 6 heteroatoms. The second kappa shape index (κ2) is 6.72. The first kappa shape index (κ1) is 16.0. The van der Waals surface area contributed by atoms with Crippen LogP contribution in [-0.4, -0.2) is 10.2 Å². The van der Waals surface area contributed by atoms with E-state index in [0.717, 1.165) is 11.1 Å². The molecule has 1 aromatic heterocycles. The summed E-state index contributed by atoms with van der Waals surface area (Å²) in [6.45, 7) is 4.10. The van der Waals surface area contributed by atoms with Crippen LogP contribution in [0.2, 0.25) is 5.02 Å². The van der Waals surface area contributed by atoms with Gasteiger partial charge in [-0.3, -0.25) is 0 Å². The van der Waals surface area contributed by atoms with Crippen LogP contribution in [-0.2, 0) is 5.75 Å². The minimum Gasteiger partial charge on any atom is -0.411 e. The number of hydrogen-bond acceptors (Lipinski definition) is 4. The van der Waals surface area contributed by atoms with E-state index < -0.39 is 0 Å². The van der Waals surface area contributed by atoms with Crippen LogP contribution in [0.4, 0.5) is 4.39 Å². The molecule has 0 unspecified atom stereocenters. The van der Waals surface area contributed by atoms with Gasteiger partial charge >= 0.3 is 0 Å². The Morgan fingerprint density at radius 3 is 2.65 bits per heavy atom. The lowest BCUT2D eigenvalue weighted by Gasteiger charge is -2.02. The Hall–Kier alpha value is -1.85. The first-order valence-corrected chi connectivity index (χ1v) is 8.37. The van der Waals surface area contributed by atoms with E-state index in [0.29, 0.717) is 21.9 Å². The van der Waals surface area contributed by atoms with Gasteiger partial charge in [0.25, 0.3) is 5.22 Å². The van der Waals surface area contributed by atoms with Crippen molar-refractivity contribution in [1.82, 2.24) is 10.2 Å². The SMILES string of the molecule is Cc1ccc(-c2nnc(SCc3ccc(F)cc3Cl)o2)cc1C. The third kappa shape index (κ3) is 3.74. The molecule has 0 spiro atoms. The molecule has 0 saturated heterocycles. The Morgan fingerprint density at radius 2 is 1.91 bits per heavy atom. The summed E-state index contributed by atoms with van der Waals surface area (Å²) in [4.78, 5) is 0. The van der Waals surface area contributed by atoms with Crippen LogP contribution in [0.3, 0.4) is 0 Å². The fraction of sp³-hybridized carbons (Fsp3) is 0.176. The van der Waals surface area contributed by atoms with E-state index in [2.05, 4.69) is 17.1 Å². The Morgan fingerprint density at radius 1 is 1.09 bits per heavy atom.